The van der Waals surface area contributed by atoms with Crippen molar-refractivity contribution in [2.24, 2.45) is 5.92 Å². The van der Waals surface area contributed by atoms with Gasteiger partial charge >= 0.3 is 6.18 Å². The molecular formula is C34H31ClF6N6O2. The Bertz CT molecular complexity index is 1940. The van der Waals surface area contributed by atoms with Gasteiger partial charge in [0.2, 0.25) is 0 Å². The lowest BCUT2D eigenvalue weighted by molar-refractivity contribution is -0.137. The van der Waals surface area contributed by atoms with Crippen molar-refractivity contribution in [3.63, 3.8) is 0 Å². The molecule has 1 N–H and O–H groups in total. The molecule has 0 saturated carbocycles. The fraction of sp³-hybridized carbons (Fsp3) is 0.294. The van der Waals surface area contributed by atoms with Gasteiger partial charge in [0, 0.05) is 37.0 Å². The Morgan fingerprint density at radius 2 is 1.65 bits per heavy atom. The normalized spacial score (nSPS) is 13.7. The summed E-state index contributed by atoms with van der Waals surface area (Å²) in [5.41, 5.74) is -1.39. The van der Waals surface area contributed by atoms with Crippen LogP contribution in [0.25, 0.3) is 16.9 Å². The number of fused-ring (bicyclic) bond motifs is 1. The van der Waals surface area contributed by atoms with E-state index in [9.17, 15) is 31.1 Å². The van der Waals surface area contributed by atoms with Crippen molar-refractivity contribution in [2.75, 3.05) is 23.3 Å². The number of ether oxygens (including phenoxy) is 1. The number of benzene rings is 3. The number of nitrogens with one attached hydrogen (secondary N) is 1. The van der Waals surface area contributed by atoms with Gasteiger partial charge in [-0.25, -0.2) is 13.2 Å². The Hall–Kier alpha value is -4.85. The second-order valence-corrected chi connectivity index (χ2v) is 12.0. The van der Waals surface area contributed by atoms with Gasteiger partial charge in [-0.3, -0.25) is 4.79 Å². The minimum absolute atomic E-state index is 0.0492. The molecule has 3 aromatic carbocycles. The molecule has 1 aliphatic heterocycles. The number of anilines is 2. The first-order chi connectivity index (χ1) is 23.2. The number of piperidine rings is 1. The minimum atomic E-state index is -4.59. The lowest BCUT2D eigenvalue weighted by Gasteiger charge is -2.33. The molecule has 8 nitrogen and oxygen atoms in total. The van der Waals surface area contributed by atoms with Crippen LogP contribution in [0.4, 0.5) is 37.8 Å². The minimum Gasteiger partial charge on any atom is -0.491 e. The van der Waals surface area contributed by atoms with Gasteiger partial charge in [0.05, 0.1) is 28.4 Å². The van der Waals surface area contributed by atoms with Crippen LogP contribution in [0.5, 0.6) is 5.75 Å². The molecule has 3 heterocycles. The number of nitrogens with zero attached hydrogens (tertiary/aromatic N) is 5. The summed E-state index contributed by atoms with van der Waals surface area (Å²) in [5.74, 6) is -2.18. The zero-order chi connectivity index (χ0) is 35.5. The van der Waals surface area contributed by atoms with Crippen LogP contribution in [0.15, 0.2) is 67.0 Å². The molecule has 1 amide bonds. The fourth-order valence-electron chi connectivity index (χ4n) is 5.36. The maximum atomic E-state index is 14.5. The average Bonchev–Trinajstić information content (AvgIpc) is 3.49. The fourth-order valence-corrected chi connectivity index (χ4v) is 5.61. The Morgan fingerprint density at radius 3 is 2.31 bits per heavy atom. The van der Waals surface area contributed by atoms with Crippen molar-refractivity contribution in [1.29, 1.82) is 0 Å². The predicted octanol–water partition coefficient (Wildman–Crippen LogP) is 8.84. The highest BCUT2D eigenvalue weighted by atomic mass is 35.5. The summed E-state index contributed by atoms with van der Waals surface area (Å²) in [6.45, 7) is 7.21. The molecule has 15 heteroatoms. The number of carbonyl (C=O) groups is 1. The van der Waals surface area contributed by atoms with Gasteiger partial charge in [-0.15, -0.1) is 0 Å². The number of hydrogen-bond acceptors (Lipinski definition) is 6. The van der Waals surface area contributed by atoms with Crippen LogP contribution in [0.1, 0.15) is 49.5 Å². The number of aromatic nitrogens is 4. The molecule has 1 aliphatic rings. The highest BCUT2D eigenvalue weighted by molar-refractivity contribution is 6.33. The van der Waals surface area contributed by atoms with E-state index in [2.05, 4.69) is 27.3 Å². The third kappa shape index (κ3) is 8.24. The van der Waals surface area contributed by atoms with Crippen LogP contribution in [0.3, 0.4) is 0 Å². The van der Waals surface area contributed by atoms with Crippen molar-refractivity contribution in [2.45, 2.75) is 45.9 Å². The number of hydrogen-bond donors (Lipinski definition) is 1. The van der Waals surface area contributed by atoms with Crippen molar-refractivity contribution in [1.82, 2.24) is 19.6 Å². The van der Waals surface area contributed by atoms with Crippen LogP contribution >= 0.6 is 11.6 Å². The third-order valence-electron chi connectivity index (χ3n) is 7.64. The van der Waals surface area contributed by atoms with Crippen LogP contribution in [-0.2, 0) is 6.18 Å². The SMILES string of the molecule is CC(C)Oc1cccc(NC(=O)c2ccccc2C(F)(F)F)c1.CC1CCN(c2c(-c3c(F)cc(F)cc3F)c(Cl)nc3ncnn23)CC1. The van der Waals surface area contributed by atoms with E-state index in [0.29, 0.717) is 48.4 Å². The van der Waals surface area contributed by atoms with E-state index in [1.807, 2.05) is 18.7 Å². The Kier molecular flexibility index (Phi) is 10.7. The van der Waals surface area contributed by atoms with E-state index in [0.717, 1.165) is 25.0 Å². The lowest BCUT2D eigenvalue weighted by Crippen LogP contribution is -2.35. The summed E-state index contributed by atoms with van der Waals surface area (Å²) in [4.78, 5) is 22.2. The quantitative estimate of drug-likeness (QED) is 0.141. The summed E-state index contributed by atoms with van der Waals surface area (Å²) in [7, 11) is 0. The number of halogens is 7. The van der Waals surface area contributed by atoms with Crippen LogP contribution in [-0.4, -0.2) is 44.7 Å². The van der Waals surface area contributed by atoms with E-state index < -0.39 is 46.2 Å². The Balaban J connectivity index is 0.000000193. The van der Waals surface area contributed by atoms with Gasteiger partial charge in [0.15, 0.2) is 0 Å². The molecule has 0 aliphatic carbocycles. The monoisotopic (exact) mass is 704 g/mol. The van der Waals surface area contributed by atoms with Gasteiger partial charge in [-0.05, 0) is 56.9 Å². The third-order valence-corrected chi connectivity index (χ3v) is 7.91. The number of rotatable bonds is 6. The largest absolute Gasteiger partial charge is 0.491 e. The van der Waals surface area contributed by atoms with Crippen molar-refractivity contribution in [3.05, 3.63) is 101 Å². The number of carbonyl (C=O) groups excluding carboxylic acids is 1. The molecule has 2 aromatic heterocycles. The second kappa shape index (κ2) is 14.7. The zero-order valence-corrected chi connectivity index (χ0v) is 27.3. The highest BCUT2D eigenvalue weighted by Crippen LogP contribution is 2.40. The predicted molar refractivity (Wildman–Crippen MR) is 173 cm³/mol. The highest BCUT2D eigenvalue weighted by Gasteiger charge is 2.35. The molecule has 0 bridgehead atoms. The van der Waals surface area contributed by atoms with Gasteiger partial charge in [-0.1, -0.05) is 36.7 Å². The van der Waals surface area contributed by atoms with E-state index in [4.69, 9.17) is 16.3 Å². The Labute approximate surface area is 282 Å². The van der Waals surface area contributed by atoms with E-state index >= 15 is 0 Å². The van der Waals surface area contributed by atoms with Crippen LogP contribution < -0.4 is 15.0 Å². The van der Waals surface area contributed by atoms with Crippen LogP contribution in [0.2, 0.25) is 5.15 Å². The molecule has 49 heavy (non-hydrogen) atoms. The molecule has 6 rings (SSSR count). The zero-order valence-electron chi connectivity index (χ0n) is 26.5. The van der Waals surface area contributed by atoms with E-state index in [1.54, 1.807) is 24.3 Å². The number of amides is 1. The number of alkyl halides is 3. The van der Waals surface area contributed by atoms with Crippen LogP contribution in [0, 0.1) is 23.4 Å². The first-order valence-electron chi connectivity index (χ1n) is 15.3. The standard InChI is InChI=1S/C17H15ClF3N5.C17H16F3NO2/c1-9-2-4-25(5-3-9)16-14(13-11(20)6-10(19)7-12(13)21)15(18)24-17-22-8-23-26(16)17;1-11(2)23-13-7-5-6-12(10-13)21-16(22)14-8-3-4-9-15(14)17(18,19)20/h6-9H,2-5H2,1H3;3-11H,1-2H3,(H,21,22). The van der Waals surface area contributed by atoms with Crippen molar-refractivity contribution in [3.8, 4) is 16.9 Å². The van der Waals surface area contributed by atoms with Gasteiger partial charge < -0.3 is 15.0 Å². The maximum absolute atomic E-state index is 14.5. The molecule has 1 saturated heterocycles. The molecule has 5 aromatic rings. The smallest absolute Gasteiger partial charge is 0.417 e. The van der Waals surface area contributed by atoms with Gasteiger partial charge in [0.1, 0.15) is 40.5 Å². The molecule has 0 unspecified atom stereocenters. The first-order valence-corrected chi connectivity index (χ1v) is 15.6. The Morgan fingerprint density at radius 1 is 0.980 bits per heavy atom. The van der Waals surface area contributed by atoms with E-state index in [-0.39, 0.29) is 22.6 Å². The molecule has 0 atom stereocenters. The van der Waals surface area contributed by atoms with E-state index in [1.165, 1.54) is 23.0 Å². The summed E-state index contributed by atoms with van der Waals surface area (Å²) in [6.07, 6.45) is -1.49. The topological polar surface area (TPSA) is 84.6 Å². The van der Waals surface area contributed by atoms with Crippen molar-refractivity contribution < 1.29 is 35.9 Å². The second-order valence-electron chi connectivity index (χ2n) is 11.7. The summed E-state index contributed by atoms with van der Waals surface area (Å²) < 4.78 is 88.1. The van der Waals surface area contributed by atoms with Crippen molar-refractivity contribution >= 4 is 34.8 Å². The average molecular weight is 705 g/mol. The first kappa shape index (κ1) is 35.5. The maximum Gasteiger partial charge on any atom is 0.417 e. The molecule has 258 valence electrons. The van der Waals surface area contributed by atoms with Gasteiger partial charge in [-0.2, -0.15) is 32.8 Å². The molecule has 0 spiro atoms. The summed E-state index contributed by atoms with van der Waals surface area (Å²) >= 11 is 6.29. The summed E-state index contributed by atoms with van der Waals surface area (Å²) in [5, 5.41) is 6.50. The molecule has 0 radical (unpaired) electrons. The molecule has 1 fully saturated rings. The summed E-state index contributed by atoms with van der Waals surface area (Å²) in [6, 6.07) is 12.4. The molecular weight excluding hydrogens is 674 g/mol. The lowest BCUT2D eigenvalue weighted by atomic mass is 9.98. The van der Waals surface area contributed by atoms with Gasteiger partial charge in [0.25, 0.3) is 11.7 Å².